The largest absolute Gasteiger partial charge is 0.348 e. The molecule has 2 aromatic carbocycles. The standard InChI is InChI=1S/C20H25BrN2O/c1-4-16-5-9-18(10-6-16)15(2)22-20(24)14-23(3)13-17-7-11-19(21)12-8-17/h5-12,15H,4,13-14H2,1-3H3,(H,22,24). The van der Waals surface area contributed by atoms with Crippen LogP contribution in [0.25, 0.3) is 0 Å². The number of hydrogen-bond donors (Lipinski definition) is 1. The van der Waals surface area contributed by atoms with Gasteiger partial charge < -0.3 is 5.32 Å². The van der Waals surface area contributed by atoms with Crippen molar-refractivity contribution >= 4 is 21.8 Å². The number of carbonyl (C=O) groups excluding carboxylic acids is 1. The summed E-state index contributed by atoms with van der Waals surface area (Å²) in [7, 11) is 1.96. The maximum absolute atomic E-state index is 12.2. The van der Waals surface area contributed by atoms with Crippen molar-refractivity contribution in [3.63, 3.8) is 0 Å². The summed E-state index contributed by atoms with van der Waals surface area (Å²) in [5, 5.41) is 3.07. The van der Waals surface area contributed by atoms with Gasteiger partial charge in [0.15, 0.2) is 0 Å². The average molecular weight is 389 g/mol. The second kappa shape index (κ2) is 9.00. The molecule has 1 amide bonds. The molecule has 128 valence electrons. The third-order valence-electron chi connectivity index (χ3n) is 4.04. The Morgan fingerprint density at radius 1 is 1.08 bits per heavy atom. The van der Waals surface area contributed by atoms with Crippen molar-refractivity contribution in [3.8, 4) is 0 Å². The van der Waals surface area contributed by atoms with Gasteiger partial charge in [0.25, 0.3) is 0 Å². The number of hydrogen-bond acceptors (Lipinski definition) is 2. The lowest BCUT2D eigenvalue weighted by Gasteiger charge is -2.19. The van der Waals surface area contributed by atoms with E-state index in [4.69, 9.17) is 0 Å². The number of nitrogens with zero attached hydrogens (tertiary/aromatic N) is 1. The molecule has 0 saturated heterocycles. The van der Waals surface area contributed by atoms with Gasteiger partial charge in [-0.15, -0.1) is 0 Å². The minimum absolute atomic E-state index is 0.0180. The first-order valence-corrected chi connectivity index (χ1v) is 9.08. The van der Waals surface area contributed by atoms with Crippen molar-refractivity contribution in [2.75, 3.05) is 13.6 Å². The second-order valence-corrected chi connectivity index (χ2v) is 7.10. The molecular weight excluding hydrogens is 364 g/mol. The van der Waals surface area contributed by atoms with E-state index in [1.54, 1.807) is 0 Å². The molecule has 0 heterocycles. The Morgan fingerprint density at radius 2 is 1.67 bits per heavy atom. The van der Waals surface area contributed by atoms with E-state index >= 15 is 0 Å². The van der Waals surface area contributed by atoms with Crippen LogP contribution in [0.1, 0.15) is 36.6 Å². The van der Waals surface area contributed by atoms with Gasteiger partial charge in [0.2, 0.25) is 5.91 Å². The molecule has 0 aliphatic heterocycles. The highest BCUT2D eigenvalue weighted by molar-refractivity contribution is 9.10. The molecule has 4 heteroatoms. The Balaban J connectivity index is 1.83. The van der Waals surface area contributed by atoms with Crippen LogP contribution in [0.5, 0.6) is 0 Å². The summed E-state index contributed by atoms with van der Waals surface area (Å²) in [5.74, 6) is 0.0432. The molecule has 1 unspecified atom stereocenters. The Hall–Kier alpha value is -1.65. The summed E-state index contributed by atoms with van der Waals surface area (Å²) in [6.45, 7) is 5.29. The Kier molecular flexibility index (Phi) is 7.00. The van der Waals surface area contributed by atoms with E-state index in [1.165, 1.54) is 11.1 Å². The van der Waals surface area contributed by atoms with E-state index in [9.17, 15) is 4.79 Å². The minimum Gasteiger partial charge on any atom is -0.348 e. The van der Waals surface area contributed by atoms with Crippen molar-refractivity contribution in [2.45, 2.75) is 32.9 Å². The maximum Gasteiger partial charge on any atom is 0.234 e. The van der Waals surface area contributed by atoms with E-state index in [-0.39, 0.29) is 11.9 Å². The van der Waals surface area contributed by atoms with Crippen molar-refractivity contribution in [3.05, 3.63) is 69.7 Å². The first kappa shape index (κ1) is 18.7. The van der Waals surface area contributed by atoms with Gasteiger partial charge in [0.1, 0.15) is 0 Å². The van der Waals surface area contributed by atoms with Gasteiger partial charge in [-0.05, 0) is 49.2 Å². The summed E-state index contributed by atoms with van der Waals surface area (Å²) in [4.78, 5) is 14.3. The van der Waals surface area contributed by atoms with Gasteiger partial charge in [0.05, 0.1) is 12.6 Å². The van der Waals surface area contributed by atoms with Crippen LogP contribution in [0.4, 0.5) is 0 Å². The van der Waals surface area contributed by atoms with E-state index in [0.29, 0.717) is 6.54 Å². The number of aryl methyl sites for hydroxylation is 1. The van der Waals surface area contributed by atoms with E-state index in [0.717, 1.165) is 23.0 Å². The highest BCUT2D eigenvalue weighted by Gasteiger charge is 2.12. The molecule has 1 atom stereocenters. The average Bonchev–Trinajstić information content (AvgIpc) is 2.56. The Bertz CT molecular complexity index is 652. The van der Waals surface area contributed by atoms with Gasteiger partial charge in [-0.2, -0.15) is 0 Å². The third kappa shape index (κ3) is 5.77. The number of carbonyl (C=O) groups is 1. The highest BCUT2D eigenvalue weighted by Crippen LogP contribution is 2.14. The van der Waals surface area contributed by atoms with Crippen molar-refractivity contribution in [1.29, 1.82) is 0 Å². The molecule has 1 N–H and O–H groups in total. The number of nitrogens with one attached hydrogen (secondary N) is 1. The molecule has 24 heavy (non-hydrogen) atoms. The zero-order chi connectivity index (χ0) is 17.5. The lowest BCUT2D eigenvalue weighted by Crippen LogP contribution is -2.36. The number of rotatable bonds is 7. The molecule has 2 aromatic rings. The van der Waals surface area contributed by atoms with E-state index in [1.807, 2.05) is 31.0 Å². The smallest absolute Gasteiger partial charge is 0.234 e. The molecule has 0 aliphatic carbocycles. The van der Waals surface area contributed by atoms with Crippen LogP contribution < -0.4 is 5.32 Å². The Labute approximate surface area is 153 Å². The fourth-order valence-electron chi connectivity index (χ4n) is 2.62. The number of benzene rings is 2. The fourth-order valence-corrected chi connectivity index (χ4v) is 2.88. The van der Waals surface area contributed by atoms with Crippen molar-refractivity contribution in [1.82, 2.24) is 10.2 Å². The third-order valence-corrected chi connectivity index (χ3v) is 4.57. The molecule has 0 spiro atoms. The molecule has 0 fully saturated rings. The van der Waals surface area contributed by atoms with Crippen molar-refractivity contribution < 1.29 is 4.79 Å². The van der Waals surface area contributed by atoms with Crippen LogP contribution in [-0.2, 0) is 17.8 Å². The zero-order valence-corrected chi connectivity index (χ0v) is 16.1. The summed E-state index contributed by atoms with van der Waals surface area (Å²) in [6.07, 6.45) is 1.03. The van der Waals surface area contributed by atoms with Crippen LogP contribution in [0.2, 0.25) is 0 Å². The van der Waals surface area contributed by atoms with Gasteiger partial charge >= 0.3 is 0 Å². The summed E-state index contributed by atoms with van der Waals surface area (Å²) in [6, 6.07) is 16.6. The summed E-state index contributed by atoms with van der Waals surface area (Å²) >= 11 is 3.43. The number of halogens is 1. The van der Waals surface area contributed by atoms with Crippen LogP contribution in [-0.4, -0.2) is 24.4 Å². The first-order valence-electron chi connectivity index (χ1n) is 8.29. The Morgan fingerprint density at radius 3 is 2.25 bits per heavy atom. The number of likely N-dealkylation sites (N-methyl/N-ethyl adjacent to an activating group) is 1. The van der Waals surface area contributed by atoms with Gasteiger partial charge in [-0.1, -0.05) is 59.3 Å². The highest BCUT2D eigenvalue weighted by atomic mass is 79.9. The van der Waals surface area contributed by atoms with E-state index in [2.05, 4.69) is 64.6 Å². The van der Waals surface area contributed by atoms with Gasteiger partial charge in [-0.25, -0.2) is 0 Å². The SMILES string of the molecule is CCc1ccc(C(C)NC(=O)CN(C)Cc2ccc(Br)cc2)cc1. The zero-order valence-electron chi connectivity index (χ0n) is 14.6. The van der Waals surface area contributed by atoms with E-state index < -0.39 is 0 Å². The lowest BCUT2D eigenvalue weighted by atomic mass is 10.1. The quantitative estimate of drug-likeness (QED) is 0.765. The minimum atomic E-state index is 0.0180. The first-order chi connectivity index (χ1) is 11.5. The van der Waals surface area contributed by atoms with Crippen LogP contribution >= 0.6 is 15.9 Å². The number of amides is 1. The molecule has 0 bridgehead atoms. The monoisotopic (exact) mass is 388 g/mol. The normalized spacial score (nSPS) is 12.2. The summed E-state index contributed by atoms with van der Waals surface area (Å²) in [5.41, 5.74) is 3.64. The molecule has 0 saturated carbocycles. The predicted octanol–water partition coefficient (Wildman–Crippen LogP) is 4.32. The summed E-state index contributed by atoms with van der Waals surface area (Å²) < 4.78 is 1.06. The maximum atomic E-state index is 12.2. The van der Waals surface area contributed by atoms with Crippen LogP contribution in [0.15, 0.2) is 53.0 Å². The molecule has 2 rings (SSSR count). The van der Waals surface area contributed by atoms with Gasteiger partial charge in [-0.3, -0.25) is 9.69 Å². The predicted molar refractivity (Wildman–Crippen MR) is 103 cm³/mol. The fraction of sp³-hybridized carbons (Fsp3) is 0.350. The molecule has 0 radical (unpaired) electrons. The molecular formula is C20H25BrN2O. The molecule has 0 aliphatic rings. The second-order valence-electron chi connectivity index (χ2n) is 6.18. The van der Waals surface area contributed by atoms with Gasteiger partial charge in [0, 0.05) is 11.0 Å². The van der Waals surface area contributed by atoms with Crippen molar-refractivity contribution in [2.24, 2.45) is 0 Å². The molecule has 0 aromatic heterocycles. The van der Waals surface area contributed by atoms with Crippen LogP contribution in [0.3, 0.4) is 0 Å². The topological polar surface area (TPSA) is 32.3 Å². The van der Waals surface area contributed by atoms with Crippen LogP contribution in [0, 0.1) is 0 Å². The molecule has 3 nitrogen and oxygen atoms in total. The lowest BCUT2D eigenvalue weighted by molar-refractivity contribution is -0.122.